The number of likely N-dealkylation sites (tertiary alicyclic amines) is 1. The van der Waals surface area contributed by atoms with Crippen LogP contribution in [0.15, 0.2) is 30.3 Å². The van der Waals surface area contributed by atoms with Crippen LogP contribution in [0, 0.1) is 17.8 Å². The number of carbonyl (C=O) groups is 1. The van der Waals surface area contributed by atoms with Crippen molar-refractivity contribution < 1.29 is 4.79 Å². The molecule has 1 heterocycles. The summed E-state index contributed by atoms with van der Waals surface area (Å²) in [6, 6.07) is 11.6. The Kier molecular flexibility index (Phi) is 5.63. The Hall–Kier alpha value is -1.35. The van der Waals surface area contributed by atoms with Gasteiger partial charge in [0.25, 0.3) is 0 Å². The first-order chi connectivity index (χ1) is 12.7. The maximum absolute atomic E-state index is 12.2. The fraction of sp³-hybridized carbons (Fsp3) is 0.696. The van der Waals surface area contributed by atoms with Crippen LogP contribution in [0.25, 0.3) is 0 Å². The van der Waals surface area contributed by atoms with Crippen molar-refractivity contribution in [2.24, 2.45) is 17.8 Å². The predicted molar refractivity (Wildman–Crippen MR) is 106 cm³/mol. The minimum Gasteiger partial charge on any atom is -0.353 e. The molecule has 0 spiro atoms. The summed E-state index contributed by atoms with van der Waals surface area (Å²) in [6.45, 7) is 5.62. The molecule has 1 aromatic carbocycles. The smallest absolute Gasteiger partial charge is 0.223 e. The van der Waals surface area contributed by atoms with E-state index in [1.165, 1.54) is 37.8 Å². The van der Waals surface area contributed by atoms with Crippen LogP contribution in [0.3, 0.4) is 0 Å². The molecule has 1 saturated heterocycles. The number of rotatable bonds is 6. The van der Waals surface area contributed by atoms with Gasteiger partial charge in [-0.2, -0.15) is 0 Å². The number of hydrogen-bond donors (Lipinski definition) is 1. The van der Waals surface area contributed by atoms with Gasteiger partial charge in [0.2, 0.25) is 5.91 Å². The zero-order valence-electron chi connectivity index (χ0n) is 16.2. The summed E-state index contributed by atoms with van der Waals surface area (Å²) in [5.74, 6) is 2.75. The van der Waals surface area contributed by atoms with Crippen LogP contribution >= 0.6 is 0 Å². The molecule has 0 aromatic heterocycles. The van der Waals surface area contributed by atoms with Gasteiger partial charge in [0.15, 0.2) is 0 Å². The molecule has 3 atom stereocenters. The van der Waals surface area contributed by atoms with Gasteiger partial charge in [-0.3, -0.25) is 4.79 Å². The molecule has 142 valence electrons. The average Bonchev–Trinajstić information content (AvgIpc) is 3.17. The highest BCUT2D eigenvalue weighted by Gasteiger charge is 2.40. The van der Waals surface area contributed by atoms with Gasteiger partial charge in [-0.05, 0) is 55.4 Å². The van der Waals surface area contributed by atoms with E-state index in [4.69, 9.17) is 0 Å². The van der Waals surface area contributed by atoms with Gasteiger partial charge in [-0.25, -0.2) is 0 Å². The van der Waals surface area contributed by atoms with Crippen LogP contribution in [0.1, 0.15) is 63.4 Å². The number of benzene rings is 1. The van der Waals surface area contributed by atoms with Crippen molar-refractivity contribution in [3.63, 3.8) is 0 Å². The van der Waals surface area contributed by atoms with Crippen molar-refractivity contribution >= 4 is 5.91 Å². The zero-order valence-corrected chi connectivity index (χ0v) is 16.2. The average molecular weight is 355 g/mol. The van der Waals surface area contributed by atoms with Crippen LogP contribution in [0.5, 0.6) is 0 Å². The second-order valence-electron chi connectivity index (χ2n) is 8.96. The molecule has 3 fully saturated rings. The molecule has 0 bridgehead atoms. The molecule has 3 unspecified atom stereocenters. The lowest BCUT2D eigenvalue weighted by molar-refractivity contribution is -0.123. The normalized spacial score (nSPS) is 28.8. The quantitative estimate of drug-likeness (QED) is 0.830. The van der Waals surface area contributed by atoms with Crippen LogP contribution in [0.2, 0.25) is 0 Å². The molecule has 2 aliphatic carbocycles. The van der Waals surface area contributed by atoms with E-state index in [1.54, 1.807) is 0 Å². The van der Waals surface area contributed by atoms with Crippen molar-refractivity contribution in [3.05, 3.63) is 35.9 Å². The van der Waals surface area contributed by atoms with Gasteiger partial charge in [-0.15, -0.1) is 0 Å². The van der Waals surface area contributed by atoms with E-state index in [1.807, 2.05) is 0 Å². The van der Waals surface area contributed by atoms with E-state index in [-0.39, 0.29) is 0 Å². The summed E-state index contributed by atoms with van der Waals surface area (Å²) in [7, 11) is 0. The third-order valence-electron chi connectivity index (χ3n) is 7.03. The standard InChI is InChI=1S/C23H34N2O/c1-17-15-21(17)23(26)24-20-11-13-25(14-12-20)16-22(19-9-5-6-10-19)18-7-3-2-4-8-18/h2-4,7-8,17,19-22H,5-6,9-16H2,1H3,(H,24,26). The Morgan fingerprint density at radius 1 is 1.12 bits per heavy atom. The lowest BCUT2D eigenvalue weighted by atomic mass is 9.84. The molecule has 4 rings (SSSR count). The molecule has 1 aliphatic heterocycles. The van der Waals surface area contributed by atoms with Crippen molar-refractivity contribution in [2.45, 2.75) is 63.8 Å². The Balaban J connectivity index is 1.30. The molecule has 3 nitrogen and oxygen atoms in total. The van der Waals surface area contributed by atoms with E-state index >= 15 is 0 Å². The summed E-state index contributed by atoms with van der Waals surface area (Å²) in [6.07, 6.45) is 8.91. The van der Waals surface area contributed by atoms with Crippen LogP contribution in [-0.4, -0.2) is 36.5 Å². The molecular weight excluding hydrogens is 320 g/mol. The van der Waals surface area contributed by atoms with Gasteiger partial charge in [0.05, 0.1) is 0 Å². The van der Waals surface area contributed by atoms with Gasteiger partial charge < -0.3 is 10.2 Å². The minimum absolute atomic E-state index is 0.304. The zero-order chi connectivity index (χ0) is 17.9. The van der Waals surface area contributed by atoms with E-state index in [9.17, 15) is 4.79 Å². The largest absolute Gasteiger partial charge is 0.353 e. The van der Waals surface area contributed by atoms with Crippen LogP contribution in [-0.2, 0) is 4.79 Å². The second-order valence-corrected chi connectivity index (χ2v) is 8.96. The summed E-state index contributed by atoms with van der Waals surface area (Å²) in [5, 5.41) is 3.31. The van der Waals surface area contributed by atoms with Gasteiger partial charge in [0.1, 0.15) is 0 Å². The SMILES string of the molecule is CC1CC1C(=O)NC1CCN(CC(c2ccccc2)C2CCCC2)CC1. The number of carbonyl (C=O) groups excluding carboxylic acids is 1. The summed E-state index contributed by atoms with van der Waals surface area (Å²) >= 11 is 0. The van der Waals surface area contributed by atoms with Crippen LogP contribution in [0.4, 0.5) is 0 Å². The maximum Gasteiger partial charge on any atom is 0.223 e. The van der Waals surface area contributed by atoms with E-state index in [0.29, 0.717) is 29.7 Å². The fourth-order valence-corrected chi connectivity index (χ4v) is 5.12. The van der Waals surface area contributed by atoms with Gasteiger partial charge in [0, 0.05) is 31.6 Å². The molecule has 3 aliphatic rings. The number of amides is 1. The molecule has 1 aromatic rings. The van der Waals surface area contributed by atoms with Crippen molar-refractivity contribution in [2.75, 3.05) is 19.6 Å². The Labute approximate surface area is 158 Å². The minimum atomic E-state index is 0.304. The van der Waals surface area contributed by atoms with Crippen molar-refractivity contribution in [3.8, 4) is 0 Å². The number of hydrogen-bond acceptors (Lipinski definition) is 2. The fourth-order valence-electron chi connectivity index (χ4n) is 5.12. The van der Waals surface area contributed by atoms with E-state index in [2.05, 4.69) is 47.5 Å². The monoisotopic (exact) mass is 354 g/mol. The third kappa shape index (κ3) is 4.31. The lowest BCUT2D eigenvalue weighted by Crippen LogP contribution is -2.46. The third-order valence-corrected chi connectivity index (χ3v) is 7.03. The van der Waals surface area contributed by atoms with E-state index < -0.39 is 0 Å². The summed E-state index contributed by atoms with van der Waals surface area (Å²) < 4.78 is 0. The maximum atomic E-state index is 12.2. The van der Waals surface area contributed by atoms with Crippen molar-refractivity contribution in [1.29, 1.82) is 0 Å². The van der Waals surface area contributed by atoms with Crippen molar-refractivity contribution in [1.82, 2.24) is 10.2 Å². The first kappa shape index (κ1) is 18.0. The lowest BCUT2D eigenvalue weighted by Gasteiger charge is -2.36. The van der Waals surface area contributed by atoms with Gasteiger partial charge >= 0.3 is 0 Å². The Bertz CT molecular complexity index is 587. The number of nitrogens with zero attached hydrogens (tertiary/aromatic N) is 1. The molecule has 0 radical (unpaired) electrons. The number of nitrogens with one attached hydrogen (secondary N) is 1. The Morgan fingerprint density at radius 3 is 2.38 bits per heavy atom. The molecule has 1 amide bonds. The highest BCUT2D eigenvalue weighted by molar-refractivity contribution is 5.81. The summed E-state index contributed by atoms with van der Waals surface area (Å²) in [5.41, 5.74) is 1.53. The molecule has 3 heteroatoms. The predicted octanol–water partition coefficient (Wildman–Crippen LogP) is 4.20. The first-order valence-electron chi connectivity index (χ1n) is 10.8. The first-order valence-corrected chi connectivity index (χ1v) is 10.8. The number of piperidine rings is 1. The highest BCUT2D eigenvalue weighted by Crippen LogP contribution is 2.39. The molecule has 1 N–H and O–H groups in total. The molecular formula is C23H34N2O. The molecule has 2 saturated carbocycles. The Morgan fingerprint density at radius 2 is 1.77 bits per heavy atom. The molecule has 26 heavy (non-hydrogen) atoms. The highest BCUT2D eigenvalue weighted by atomic mass is 16.2. The van der Waals surface area contributed by atoms with Gasteiger partial charge in [-0.1, -0.05) is 50.1 Å². The van der Waals surface area contributed by atoms with Crippen LogP contribution < -0.4 is 5.32 Å². The van der Waals surface area contributed by atoms with E-state index in [0.717, 1.165) is 38.3 Å². The summed E-state index contributed by atoms with van der Waals surface area (Å²) in [4.78, 5) is 14.8. The second kappa shape index (κ2) is 8.12. The topological polar surface area (TPSA) is 32.3 Å².